The number of hydrogen-bond donors (Lipinski definition) is 1. The van der Waals surface area contributed by atoms with Crippen molar-refractivity contribution in [3.63, 3.8) is 0 Å². The Hall–Kier alpha value is -2.77. The van der Waals surface area contributed by atoms with Gasteiger partial charge in [0.2, 0.25) is 11.7 Å². The van der Waals surface area contributed by atoms with Gasteiger partial charge in [0.05, 0.1) is 6.04 Å². The Morgan fingerprint density at radius 2 is 1.96 bits per heavy atom. The molecule has 4 rings (SSSR count). The molecule has 0 aliphatic carbocycles. The fourth-order valence-electron chi connectivity index (χ4n) is 3.58. The van der Waals surface area contributed by atoms with Crippen molar-refractivity contribution in [3.8, 4) is 0 Å². The number of aromatic nitrogens is 3. The lowest BCUT2D eigenvalue weighted by atomic mass is 10.2. The number of rotatable bonds is 3. The minimum Gasteiger partial charge on any atom is -0.344 e. The van der Waals surface area contributed by atoms with Crippen LogP contribution in [0.5, 0.6) is 0 Å². The summed E-state index contributed by atoms with van der Waals surface area (Å²) >= 11 is 0. The van der Waals surface area contributed by atoms with Gasteiger partial charge in [-0.05, 0) is 37.1 Å². The van der Waals surface area contributed by atoms with E-state index < -0.39 is 0 Å². The molecule has 8 heteroatoms. The number of anilines is 1. The van der Waals surface area contributed by atoms with Crippen LogP contribution in [0.4, 0.5) is 10.1 Å². The molecule has 2 amide bonds. The summed E-state index contributed by atoms with van der Waals surface area (Å²) in [5.74, 6) is 0.418. The van der Waals surface area contributed by atoms with Crippen LogP contribution < -0.4 is 10.2 Å². The van der Waals surface area contributed by atoms with Gasteiger partial charge in [0.1, 0.15) is 11.6 Å². The molecule has 3 heterocycles. The van der Waals surface area contributed by atoms with E-state index in [0.29, 0.717) is 18.1 Å². The van der Waals surface area contributed by atoms with Crippen LogP contribution in [0.2, 0.25) is 0 Å². The Kier molecular flexibility index (Phi) is 4.40. The first-order valence-corrected chi connectivity index (χ1v) is 8.90. The molecule has 2 aliphatic rings. The summed E-state index contributed by atoms with van der Waals surface area (Å²) in [6, 6.07) is 5.46. The summed E-state index contributed by atoms with van der Waals surface area (Å²) in [5, 5.41) is 11.1. The highest BCUT2D eigenvalue weighted by molar-refractivity contribution is 5.98. The van der Waals surface area contributed by atoms with Gasteiger partial charge in [0.25, 0.3) is 5.91 Å². The maximum Gasteiger partial charge on any atom is 0.289 e. The molecule has 136 valence electrons. The molecule has 0 unspecified atom stereocenters. The Labute approximate surface area is 150 Å². The number of carbonyl (C=O) groups excluding carboxylic acids is 2. The zero-order chi connectivity index (χ0) is 18.1. The second kappa shape index (κ2) is 6.86. The summed E-state index contributed by atoms with van der Waals surface area (Å²) in [6.45, 7) is 1.10. The largest absolute Gasteiger partial charge is 0.344 e. The lowest BCUT2D eigenvalue weighted by molar-refractivity contribution is -0.117. The van der Waals surface area contributed by atoms with Crippen LogP contribution in [0, 0.1) is 5.82 Å². The predicted octanol–water partition coefficient (Wildman–Crippen LogP) is 1.68. The minimum atomic E-state index is -0.349. The fourth-order valence-corrected chi connectivity index (χ4v) is 3.58. The minimum absolute atomic E-state index is 0.0954. The van der Waals surface area contributed by atoms with E-state index in [0.717, 1.165) is 38.1 Å². The lowest BCUT2D eigenvalue weighted by Crippen LogP contribution is -2.38. The SMILES string of the molecule is O=C(N[C@@H]1CC(=O)N(c2ccc(F)cc2)C1)c1nnc2n1CCCCC2. The number of benzene rings is 1. The predicted molar refractivity (Wildman–Crippen MR) is 92.2 cm³/mol. The van der Waals surface area contributed by atoms with Gasteiger partial charge in [-0.1, -0.05) is 6.42 Å². The molecule has 1 fully saturated rings. The quantitative estimate of drug-likeness (QED) is 0.906. The van der Waals surface area contributed by atoms with Gasteiger partial charge < -0.3 is 14.8 Å². The molecule has 1 atom stereocenters. The summed E-state index contributed by atoms with van der Waals surface area (Å²) in [6.07, 6.45) is 4.23. The molecule has 1 aromatic carbocycles. The maximum atomic E-state index is 13.1. The number of hydrogen-bond acceptors (Lipinski definition) is 4. The van der Waals surface area contributed by atoms with E-state index in [4.69, 9.17) is 0 Å². The van der Waals surface area contributed by atoms with E-state index in [-0.39, 0.29) is 30.1 Å². The van der Waals surface area contributed by atoms with E-state index in [9.17, 15) is 14.0 Å². The number of carbonyl (C=O) groups is 2. The van der Waals surface area contributed by atoms with E-state index in [1.165, 1.54) is 12.1 Å². The van der Waals surface area contributed by atoms with Gasteiger partial charge in [-0.25, -0.2) is 4.39 Å². The molecule has 1 N–H and O–H groups in total. The van der Waals surface area contributed by atoms with E-state index in [2.05, 4.69) is 15.5 Å². The maximum absolute atomic E-state index is 13.1. The average molecular weight is 357 g/mol. The van der Waals surface area contributed by atoms with E-state index >= 15 is 0 Å². The van der Waals surface area contributed by atoms with Crippen molar-refractivity contribution in [1.29, 1.82) is 0 Å². The number of aryl methyl sites for hydroxylation is 1. The van der Waals surface area contributed by atoms with Gasteiger partial charge in [0.15, 0.2) is 0 Å². The van der Waals surface area contributed by atoms with Crippen LogP contribution in [0.3, 0.4) is 0 Å². The third-order valence-electron chi connectivity index (χ3n) is 4.91. The van der Waals surface area contributed by atoms with Crippen LogP contribution in [-0.2, 0) is 17.8 Å². The molecular formula is C18H20FN5O2. The van der Waals surface area contributed by atoms with Gasteiger partial charge in [-0.2, -0.15) is 0 Å². The standard InChI is InChI=1S/C18H20FN5O2/c19-12-5-7-14(8-6-12)24-11-13(10-16(24)25)20-18(26)17-22-21-15-4-2-1-3-9-23(15)17/h5-8,13H,1-4,9-11H2,(H,20,26)/t13-/m1/s1. The van der Waals surface area contributed by atoms with Crippen molar-refractivity contribution < 1.29 is 14.0 Å². The molecule has 2 aromatic rings. The molecule has 1 aromatic heterocycles. The van der Waals surface area contributed by atoms with Crippen LogP contribution >= 0.6 is 0 Å². The Morgan fingerprint density at radius 3 is 2.77 bits per heavy atom. The van der Waals surface area contributed by atoms with Crippen LogP contribution in [-0.4, -0.2) is 39.2 Å². The van der Waals surface area contributed by atoms with Crippen LogP contribution in [0.25, 0.3) is 0 Å². The van der Waals surface area contributed by atoms with Crippen molar-refractivity contribution >= 4 is 17.5 Å². The topological polar surface area (TPSA) is 80.1 Å². The Bertz CT molecular complexity index is 833. The number of amides is 2. The van der Waals surface area contributed by atoms with Crippen molar-refractivity contribution in [2.24, 2.45) is 0 Å². The molecule has 0 spiro atoms. The third kappa shape index (κ3) is 3.18. The smallest absolute Gasteiger partial charge is 0.289 e. The van der Waals surface area contributed by atoms with Gasteiger partial charge in [-0.15, -0.1) is 10.2 Å². The number of fused-ring (bicyclic) bond motifs is 1. The van der Waals surface area contributed by atoms with E-state index in [1.807, 2.05) is 4.57 Å². The highest BCUT2D eigenvalue weighted by Crippen LogP contribution is 2.22. The summed E-state index contributed by atoms with van der Waals surface area (Å²) < 4.78 is 15.0. The molecular weight excluding hydrogens is 337 g/mol. The van der Waals surface area contributed by atoms with Crippen molar-refractivity contribution in [1.82, 2.24) is 20.1 Å². The lowest BCUT2D eigenvalue weighted by Gasteiger charge is -2.17. The van der Waals surface area contributed by atoms with Crippen molar-refractivity contribution in [2.45, 2.75) is 44.7 Å². The van der Waals surface area contributed by atoms with Gasteiger partial charge >= 0.3 is 0 Å². The first kappa shape index (κ1) is 16.7. The molecule has 0 radical (unpaired) electrons. The van der Waals surface area contributed by atoms with Crippen LogP contribution in [0.15, 0.2) is 24.3 Å². The first-order valence-electron chi connectivity index (χ1n) is 8.90. The number of nitrogens with zero attached hydrogens (tertiary/aromatic N) is 4. The second-order valence-electron chi connectivity index (χ2n) is 6.76. The molecule has 7 nitrogen and oxygen atoms in total. The summed E-state index contributed by atoms with van der Waals surface area (Å²) in [7, 11) is 0. The Morgan fingerprint density at radius 1 is 1.15 bits per heavy atom. The molecule has 26 heavy (non-hydrogen) atoms. The van der Waals surface area contributed by atoms with Gasteiger partial charge in [-0.3, -0.25) is 9.59 Å². The third-order valence-corrected chi connectivity index (χ3v) is 4.91. The Balaban J connectivity index is 1.45. The highest BCUT2D eigenvalue weighted by atomic mass is 19.1. The average Bonchev–Trinajstić information content (AvgIpc) is 3.11. The zero-order valence-electron chi connectivity index (χ0n) is 14.3. The molecule has 0 saturated carbocycles. The first-order chi connectivity index (χ1) is 12.6. The van der Waals surface area contributed by atoms with E-state index in [1.54, 1.807) is 17.0 Å². The molecule has 2 aliphatic heterocycles. The number of nitrogens with one attached hydrogen (secondary N) is 1. The normalized spacial score (nSPS) is 20.0. The summed E-state index contributed by atoms with van der Waals surface area (Å²) in [5.41, 5.74) is 0.629. The fraction of sp³-hybridized carbons (Fsp3) is 0.444. The van der Waals surface area contributed by atoms with Crippen molar-refractivity contribution in [2.75, 3.05) is 11.4 Å². The highest BCUT2D eigenvalue weighted by Gasteiger charge is 2.33. The number of halogens is 1. The molecule has 1 saturated heterocycles. The zero-order valence-corrected chi connectivity index (χ0v) is 14.3. The van der Waals surface area contributed by atoms with Crippen LogP contribution in [0.1, 0.15) is 42.1 Å². The van der Waals surface area contributed by atoms with Crippen molar-refractivity contribution in [3.05, 3.63) is 41.7 Å². The van der Waals surface area contributed by atoms with Gasteiger partial charge in [0, 0.05) is 31.6 Å². The molecule has 0 bridgehead atoms. The second-order valence-corrected chi connectivity index (χ2v) is 6.76. The summed E-state index contributed by atoms with van der Waals surface area (Å²) in [4.78, 5) is 26.5. The monoisotopic (exact) mass is 357 g/mol.